The van der Waals surface area contributed by atoms with Gasteiger partial charge in [0.1, 0.15) is 5.75 Å². The lowest BCUT2D eigenvalue weighted by molar-refractivity contribution is 0.397. The van der Waals surface area contributed by atoms with Gasteiger partial charge in [-0.1, -0.05) is 48.5 Å². The summed E-state index contributed by atoms with van der Waals surface area (Å²) in [7, 11) is -1.10. The molecule has 0 aliphatic heterocycles. The molecular formula is C14H13BO3. The molecule has 0 spiro atoms. The Hall–Kier alpha value is -2.20. The fraction of sp³-hybridized carbons (Fsp3) is 0. The first-order valence-electron chi connectivity index (χ1n) is 5.62. The number of hydrogen-bond acceptors (Lipinski definition) is 3. The Morgan fingerprint density at radius 2 is 1.61 bits per heavy atom. The Morgan fingerprint density at radius 1 is 0.944 bits per heavy atom. The van der Waals surface area contributed by atoms with Crippen molar-refractivity contribution in [2.75, 3.05) is 0 Å². The van der Waals surface area contributed by atoms with Crippen molar-refractivity contribution in [1.82, 2.24) is 0 Å². The summed E-state index contributed by atoms with van der Waals surface area (Å²) in [6, 6.07) is 16.1. The zero-order chi connectivity index (χ0) is 12.8. The van der Waals surface area contributed by atoms with Crippen LogP contribution in [0.2, 0.25) is 0 Å². The highest BCUT2D eigenvalue weighted by Crippen LogP contribution is 2.24. The first-order valence-corrected chi connectivity index (χ1v) is 5.62. The Bertz CT molecular complexity index is 526. The summed E-state index contributed by atoms with van der Waals surface area (Å²) < 4.78 is 5.19. The molecule has 2 rings (SSSR count). The maximum atomic E-state index is 9.67. The molecule has 0 aromatic heterocycles. The number of rotatable bonds is 4. The van der Waals surface area contributed by atoms with Crippen molar-refractivity contribution in [3.05, 3.63) is 66.1 Å². The Balaban J connectivity index is 1.99. The van der Waals surface area contributed by atoms with Crippen molar-refractivity contribution in [2.24, 2.45) is 0 Å². The molecule has 2 N–H and O–H groups in total. The Labute approximate surface area is 106 Å². The van der Waals surface area contributed by atoms with Crippen molar-refractivity contribution >= 4 is 13.2 Å². The summed E-state index contributed by atoms with van der Waals surface area (Å²) in [4.78, 5) is 0. The van der Waals surface area contributed by atoms with Gasteiger partial charge in [0, 0.05) is 0 Å². The van der Waals surface area contributed by atoms with Crippen molar-refractivity contribution in [3.8, 4) is 11.5 Å². The van der Waals surface area contributed by atoms with E-state index in [0.29, 0.717) is 0 Å². The number of phenols is 1. The van der Waals surface area contributed by atoms with Crippen molar-refractivity contribution < 1.29 is 14.8 Å². The van der Waals surface area contributed by atoms with Crippen LogP contribution in [0.5, 0.6) is 11.5 Å². The van der Waals surface area contributed by atoms with Gasteiger partial charge in [0.2, 0.25) is 0 Å². The molecule has 18 heavy (non-hydrogen) atoms. The van der Waals surface area contributed by atoms with Crippen LogP contribution in [0.1, 0.15) is 5.56 Å². The average Bonchev–Trinajstić information content (AvgIpc) is 2.40. The molecule has 4 heteroatoms. The van der Waals surface area contributed by atoms with Crippen LogP contribution in [0.4, 0.5) is 0 Å². The van der Waals surface area contributed by atoms with E-state index in [0.717, 1.165) is 5.56 Å². The highest BCUT2D eigenvalue weighted by molar-refractivity contribution is 6.51. The van der Waals surface area contributed by atoms with Crippen molar-refractivity contribution in [2.45, 2.75) is 0 Å². The predicted octanol–water partition coefficient (Wildman–Crippen LogP) is 2.50. The second-order valence-electron chi connectivity index (χ2n) is 3.75. The first kappa shape index (κ1) is 12.3. The van der Waals surface area contributed by atoms with Crippen LogP contribution in [0.25, 0.3) is 6.08 Å². The molecular weight excluding hydrogens is 227 g/mol. The molecule has 0 aliphatic rings. The molecule has 0 saturated heterocycles. The molecule has 0 bridgehead atoms. The van der Waals surface area contributed by atoms with E-state index in [4.69, 9.17) is 4.65 Å². The number of benzene rings is 2. The molecule has 0 saturated carbocycles. The standard InChI is InChI=1S/C14H13BO3/c16-13-8-4-5-9-14(13)18-15(17)11-10-12-6-2-1-3-7-12/h1-11,16-17H. The number of para-hydroxylation sites is 2. The lowest BCUT2D eigenvalue weighted by atomic mass is 9.89. The van der Waals surface area contributed by atoms with E-state index in [-0.39, 0.29) is 11.5 Å². The van der Waals surface area contributed by atoms with E-state index in [1.807, 2.05) is 30.3 Å². The third-order valence-electron chi connectivity index (χ3n) is 2.37. The third kappa shape index (κ3) is 3.40. The summed E-state index contributed by atoms with van der Waals surface area (Å²) in [5.74, 6) is 1.77. The number of hydrogen-bond donors (Lipinski definition) is 2. The second-order valence-corrected chi connectivity index (χ2v) is 3.75. The van der Waals surface area contributed by atoms with Gasteiger partial charge in [0.15, 0.2) is 5.75 Å². The summed E-state index contributed by atoms with van der Waals surface area (Å²) in [6.07, 6.45) is 1.75. The molecule has 0 unspecified atom stereocenters. The summed E-state index contributed by atoms with van der Waals surface area (Å²) in [5, 5.41) is 19.2. The Morgan fingerprint density at radius 3 is 2.33 bits per heavy atom. The van der Waals surface area contributed by atoms with E-state index >= 15 is 0 Å². The van der Waals surface area contributed by atoms with Crippen LogP contribution in [-0.4, -0.2) is 17.2 Å². The van der Waals surface area contributed by atoms with Crippen LogP contribution >= 0.6 is 0 Å². The SMILES string of the molecule is OB(C=Cc1ccccc1)Oc1ccccc1O. The molecule has 0 heterocycles. The van der Waals surface area contributed by atoms with Gasteiger partial charge in [-0.15, -0.1) is 0 Å². The van der Waals surface area contributed by atoms with Gasteiger partial charge in [0.25, 0.3) is 0 Å². The van der Waals surface area contributed by atoms with Crippen LogP contribution in [-0.2, 0) is 0 Å². The van der Waals surface area contributed by atoms with Gasteiger partial charge in [-0.3, -0.25) is 0 Å². The zero-order valence-electron chi connectivity index (χ0n) is 9.73. The first-order chi connectivity index (χ1) is 8.75. The second kappa shape index (κ2) is 5.93. The van der Waals surface area contributed by atoms with Gasteiger partial charge in [-0.25, -0.2) is 0 Å². The molecule has 2 aromatic carbocycles. The highest BCUT2D eigenvalue weighted by atomic mass is 16.5. The number of phenolic OH excluding ortho intramolecular Hbond substituents is 1. The minimum absolute atomic E-state index is 0.00432. The largest absolute Gasteiger partial charge is 0.552 e. The van der Waals surface area contributed by atoms with E-state index in [1.165, 1.54) is 12.0 Å². The lowest BCUT2D eigenvalue weighted by Gasteiger charge is -2.07. The molecule has 0 atom stereocenters. The smallest absolute Gasteiger partial charge is 0.530 e. The highest BCUT2D eigenvalue weighted by Gasteiger charge is 2.12. The van der Waals surface area contributed by atoms with E-state index in [2.05, 4.69) is 0 Å². The maximum Gasteiger partial charge on any atom is 0.552 e. The normalized spacial score (nSPS) is 10.5. The maximum absolute atomic E-state index is 9.67. The van der Waals surface area contributed by atoms with Gasteiger partial charge >= 0.3 is 7.12 Å². The summed E-state index contributed by atoms with van der Waals surface area (Å²) in [6.45, 7) is 0. The molecule has 0 aliphatic carbocycles. The van der Waals surface area contributed by atoms with Gasteiger partial charge < -0.3 is 14.8 Å². The van der Waals surface area contributed by atoms with Crippen LogP contribution < -0.4 is 4.65 Å². The van der Waals surface area contributed by atoms with Crippen LogP contribution in [0.3, 0.4) is 0 Å². The summed E-state index contributed by atoms with van der Waals surface area (Å²) in [5.41, 5.74) is 0.970. The minimum Gasteiger partial charge on any atom is -0.530 e. The molecule has 90 valence electrons. The topological polar surface area (TPSA) is 49.7 Å². The molecule has 0 radical (unpaired) electrons. The molecule has 0 amide bonds. The fourth-order valence-electron chi connectivity index (χ4n) is 1.48. The average molecular weight is 240 g/mol. The quantitative estimate of drug-likeness (QED) is 0.807. The van der Waals surface area contributed by atoms with Gasteiger partial charge in [0.05, 0.1) is 0 Å². The lowest BCUT2D eigenvalue weighted by Crippen LogP contribution is -2.18. The third-order valence-corrected chi connectivity index (χ3v) is 2.37. The van der Waals surface area contributed by atoms with Crippen LogP contribution in [0.15, 0.2) is 60.6 Å². The van der Waals surface area contributed by atoms with Gasteiger partial charge in [-0.05, 0) is 23.7 Å². The zero-order valence-corrected chi connectivity index (χ0v) is 9.73. The predicted molar refractivity (Wildman–Crippen MR) is 72.2 cm³/mol. The van der Waals surface area contributed by atoms with Crippen LogP contribution in [0, 0.1) is 0 Å². The molecule has 0 fully saturated rings. The number of aromatic hydroxyl groups is 1. The molecule has 2 aromatic rings. The minimum atomic E-state index is -1.10. The van der Waals surface area contributed by atoms with Crippen molar-refractivity contribution in [3.63, 3.8) is 0 Å². The fourth-order valence-corrected chi connectivity index (χ4v) is 1.48. The monoisotopic (exact) mass is 240 g/mol. The van der Waals surface area contributed by atoms with E-state index in [9.17, 15) is 10.1 Å². The molecule has 3 nitrogen and oxygen atoms in total. The summed E-state index contributed by atoms with van der Waals surface area (Å²) >= 11 is 0. The van der Waals surface area contributed by atoms with E-state index in [1.54, 1.807) is 24.3 Å². The Kier molecular flexibility index (Phi) is 4.04. The van der Waals surface area contributed by atoms with E-state index < -0.39 is 7.12 Å². The van der Waals surface area contributed by atoms with Gasteiger partial charge in [-0.2, -0.15) is 0 Å². The van der Waals surface area contributed by atoms with Crippen molar-refractivity contribution in [1.29, 1.82) is 0 Å².